The molecule has 0 aromatic heterocycles. The van der Waals surface area contributed by atoms with Gasteiger partial charge >= 0.3 is 0 Å². The van der Waals surface area contributed by atoms with Crippen molar-refractivity contribution in [2.75, 3.05) is 18.9 Å². The third-order valence-corrected chi connectivity index (χ3v) is 2.92. The van der Waals surface area contributed by atoms with E-state index in [9.17, 15) is 9.18 Å². The Morgan fingerprint density at radius 2 is 1.86 bits per heavy atom. The Balaban J connectivity index is 1.70. The van der Waals surface area contributed by atoms with Crippen LogP contribution in [0.15, 0.2) is 48.5 Å². The van der Waals surface area contributed by atoms with Crippen LogP contribution in [-0.2, 0) is 11.2 Å². The minimum Gasteiger partial charge on any atom is -0.484 e. The summed E-state index contributed by atoms with van der Waals surface area (Å²) in [6, 6.07) is 13.3. The summed E-state index contributed by atoms with van der Waals surface area (Å²) in [5.41, 5.74) is 6.77. The lowest BCUT2D eigenvalue weighted by atomic mass is 10.1. The standard InChI is InChI=1S/C16H17FN2O2/c17-15-4-2-1-3-12(15)9-10-19-16(20)11-21-14-7-5-13(18)6-8-14/h1-8H,9-11,18H2,(H,19,20). The molecule has 0 aliphatic carbocycles. The van der Waals surface area contributed by atoms with E-state index in [1.165, 1.54) is 6.07 Å². The Hall–Kier alpha value is -2.56. The molecule has 2 rings (SSSR count). The smallest absolute Gasteiger partial charge is 0.257 e. The molecule has 0 bridgehead atoms. The molecule has 0 heterocycles. The van der Waals surface area contributed by atoms with Crippen molar-refractivity contribution in [1.82, 2.24) is 5.32 Å². The Morgan fingerprint density at radius 1 is 1.14 bits per heavy atom. The molecule has 2 aromatic carbocycles. The molecule has 0 unspecified atom stereocenters. The Kier molecular flexibility index (Phi) is 5.15. The predicted octanol–water partition coefficient (Wildman–Crippen LogP) is 2.15. The van der Waals surface area contributed by atoms with Gasteiger partial charge in [0.1, 0.15) is 11.6 Å². The fourth-order valence-electron chi connectivity index (χ4n) is 1.80. The van der Waals surface area contributed by atoms with Crippen molar-refractivity contribution in [2.45, 2.75) is 6.42 Å². The molecule has 21 heavy (non-hydrogen) atoms. The molecule has 0 radical (unpaired) electrons. The molecule has 0 saturated carbocycles. The number of hydrogen-bond acceptors (Lipinski definition) is 3. The molecular formula is C16H17FN2O2. The number of hydrogen-bond donors (Lipinski definition) is 2. The van der Waals surface area contributed by atoms with Crippen LogP contribution in [0.2, 0.25) is 0 Å². The molecular weight excluding hydrogens is 271 g/mol. The number of benzene rings is 2. The van der Waals surface area contributed by atoms with E-state index < -0.39 is 0 Å². The maximum absolute atomic E-state index is 13.4. The van der Waals surface area contributed by atoms with Crippen molar-refractivity contribution >= 4 is 11.6 Å². The highest BCUT2D eigenvalue weighted by atomic mass is 19.1. The van der Waals surface area contributed by atoms with Crippen LogP contribution in [-0.4, -0.2) is 19.1 Å². The van der Waals surface area contributed by atoms with Crippen LogP contribution in [0, 0.1) is 5.82 Å². The lowest BCUT2D eigenvalue weighted by molar-refractivity contribution is -0.123. The predicted molar refractivity (Wildman–Crippen MR) is 79.5 cm³/mol. The van der Waals surface area contributed by atoms with E-state index in [0.29, 0.717) is 30.0 Å². The summed E-state index contributed by atoms with van der Waals surface area (Å²) < 4.78 is 18.7. The van der Waals surface area contributed by atoms with Crippen LogP contribution in [0.1, 0.15) is 5.56 Å². The van der Waals surface area contributed by atoms with Crippen molar-refractivity contribution in [1.29, 1.82) is 0 Å². The molecule has 1 amide bonds. The van der Waals surface area contributed by atoms with E-state index in [4.69, 9.17) is 10.5 Å². The molecule has 5 heteroatoms. The quantitative estimate of drug-likeness (QED) is 0.800. The van der Waals surface area contributed by atoms with Crippen molar-refractivity contribution < 1.29 is 13.9 Å². The second-order valence-corrected chi connectivity index (χ2v) is 4.55. The van der Waals surface area contributed by atoms with Crippen molar-refractivity contribution in [3.05, 3.63) is 59.9 Å². The fraction of sp³-hybridized carbons (Fsp3) is 0.188. The molecule has 0 aliphatic rings. The van der Waals surface area contributed by atoms with Crippen molar-refractivity contribution in [3.63, 3.8) is 0 Å². The third kappa shape index (κ3) is 4.80. The second-order valence-electron chi connectivity index (χ2n) is 4.55. The van der Waals surface area contributed by atoms with E-state index in [0.717, 1.165) is 0 Å². The molecule has 0 fully saturated rings. The number of ether oxygens (including phenoxy) is 1. The molecule has 110 valence electrons. The Labute approximate surface area is 122 Å². The third-order valence-electron chi connectivity index (χ3n) is 2.92. The normalized spacial score (nSPS) is 10.1. The zero-order valence-electron chi connectivity index (χ0n) is 11.5. The minimum absolute atomic E-state index is 0.0822. The largest absolute Gasteiger partial charge is 0.484 e. The topological polar surface area (TPSA) is 64.3 Å². The van der Waals surface area contributed by atoms with Gasteiger partial charge in [0.15, 0.2) is 6.61 Å². The summed E-state index contributed by atoms with van der Waals surface area (Å²) >= 11 is 0. The van der Waals surface area contributed by atoms with Gasteiger partial charge in [-0.2, -0.15) is 0 Å². The van der Waals surface area contributed by atoms with Gasteiger partial charge in [-0.1, -0.05) is 18.2 Å². The summed E-state index contributed by atoms with van der Waals surface area (Å²) in [5, 5.41) is 2.68. The van der Waals surface area contributed by atoms with Gasteiger partial charge in [-0.25, -0.2) is 4.39 Å². The number of amides is 1. The molecule has 0 saturated heterocycles. The molecule has 3 N–H and O–H groups in total. The monoisotopic (exact) mass is 288 g/mol. The van der Waals surface area contributed by atoms with Crippen LogP contribution in [0.25, 0.3) is 0 Å². The van der Waals surface area contributed by atoms with Gasteiger partial charge < -0.3 is 15.8 Å². The highest BCUT2D eigenvalue weighted by Crippen LogP contribution is 2.12. The first kappa shape index (κ1) is 14.8. The van der Waals surface area contributed by atoms with Crippen LogP contribution >= 0.6 is 0 Å². The summed E-state index contributed by atoms with van der Waals surface area (Å²) in [6.45, 7) is 0.284. The highest BCUT2D eigenvalue weighted by molar-refractivity contribution is 5.77. The van der Waals surface area contributed by atoms with Crippen LogP contribution in [0.5, 0.6) is 5.75 Å². The Bertz CT molecular complexity index is 599. The first-order valence-corrected chi connectivity index (χ1v) is 6.63. The van der Waals surface area contributed by atoms with E-state index >= 15 is 0 Å². The van der Waals surface area contributed by atoms with Crippen LogP contribution in [0.3, 0.4) is 0 Å². The molecule has 0 atom stereocenters. The average molecular weight is 288 g/mol. The number of nitrogens with two attached hydrogens (primary N) is 1. The zero-order valence-corrected chi connectivity index (χ0v) is 11.5. The number of nitrogens with one attached hydrogen (secondary N) is 1. The van der Waals surface area contributed by atoms with Crippen molar-refractivity contribution in [3.8, 4) is 5.75 Å². The Morgan fingerprint density at radius 3 is 2.57 bits per heavy atom. The molecule has 0 spiro atoms. The van der Waals surface area contributed by atoms with E-state index in [1.807, 2.05) is 0 Å². The number of nitrogen functional groups attached to an aromatic ring is 1. The van der Waals surface area contributed by atoms with E-state index in [-0.39, 0.29) is 18.3 Å². The van der Waals surface area contributed by atoms with E-state index in [1.54, 1.807) is 42.5 Å². The lowest BCUT2D eigenvalue weighted by Crippen LogP contribution is -2.30. The summed E-state index contributed by atoms with van der Waals surface area (Å²) in [4.78, 5) is 11.6. The molecule has 4 nitrogen and oxygen atoms in total. The second kappa shape index (κ2) is 7.28. The summed E-state index contributed by atoms with van der Waals surface area (Å²) in [6.07, 6.45) is 0.445. The number of rotatable bonds is 6. The zero-order chi connectivity index (χ0) is 15.1. The van der Waals surface area contributed by atoms with Gasteiger partial charge in [0, 0.05) is 12.2 Å². The minimum atomic E-state index is -0.259. The number of anilines is 1. The van der Waals surface area contributed by atoms with Gasteiger partial charge in [0.2, 0.25) is 0 Å². The average Bonchev–Trinajstić information content (AvgIpc) is 2.49. The first-order valence-electron chi connectivity index (χ1n) is 6.63. The van der Waals surface area contributed by atoms with E-state index in [2.05, 4.69) is 5.32 Å². The van der Waals surface area contributed by atoms with Gasteiger partial charge in [0.25, 0.3) is 5.91 Å². The number of carbonyl (C=O) groups is 1. The molecule has 0 aliphatic heterocycles. The maximum Gasteiger partial charge on any atom is 0.257 e. The SMILES string of the molecule is Nc1ccc(OCC(=O)NCCc2ccccc2F)cc1. The van der Waals surface area contributed by atoms with Gasteiger partial charge in [-0.15, -0.1) is 0 Å². The van der Waals surface area contributed by atoms with Crippen LogP contribution in [0.4, 0.5) is 10.1 Å². The molecule has 2 aromatic rings. The summed E-state index contributed by atoms with van der Waals surface area (Å²) in [7, 11) is 0. The lowest BCUT2D eigenvalue weighted by Gasteiger charge is -2.08. The van der Waals surface area contributed by atoms with Crippen molar-refractivity contribution in [2.24, 2.45) is 0 Å². The van der Waals surface area contributed by atoms with Gasteiger partial charge in [-0.3, -0.25) is 4.79 Å². The number of carbonyl (C=O) groups excluding carboxylic acids is 1. The van der Waals surface area contributed by atoms with Crippen LogP contribution < -0.4 is 15.8 Å². The maximum atomic E-state index is 13.4. The first-order chi connectivity index (χ1) is 10.1. The number of halogens is 1. The van der Waals surface area contributed by atoms with Gasteiger partial charge in [0.05, 0.1) is 0 Å². The van der Waals surface area contributed by atoms with Gasteiger partial charge in [-0.05, 0) is 42.3 Å². The fourth-order valence-corrected chi connectivity index (χ4v) is 1.80. The summed E-state index contributed by atoms with van der Waals surface area (Å²) in [5.74, 6) is 0.0708. The highest BCUT2D eigenvalue weighted by Gasteiger charge is 2.04.